The van der Waals surface area contributed by atoms with E-state index in [1.54, 1.807) is 0 Å². The van der Waals surface area contributed by atoms with E-state index in [0.717, 1.165) is 39.1 Å². The molecular formula is C15H26N2O2. The highest BCUT2D eigenvalue weighted by atomic mass is 16.5. The van der Waals surface area contributed by atoms with Gasteiger partial charge in [0.05, 0.1) is 12.5 Å². The van der Waals surface area contributed by atoms with E-state index in [-0.39, 0.29) is 6.10 Å². The van der Waals surface area contributed by atoms with E-state index in [9.17, 15) is 4.79 Å². The van der Waals surface area contributed by atoms with Gasteiger partial charge < -0.3 is 15.0 Å². The van der Waals surface area contributed by atoms with Gasteiger partial charge in [-0.25, -0.2) is 0 Å². The topological polar surface area (TPSA) is 41.6 Å². The Labute approximate surface area is 115 Å². The SMILES string of the molecule is O=C(CC1CCCO1)N(CC1CCCNC1)C1CC1. The Morgan fingerprint density at radius 3 is 2.74 bits per heavy atom. The van der Waals surface area contributed by atoms with Gasteiger partial charge in [0.25, 0.3) is 0 Å². The second-order valence-electron chi connectivity index (χ2n) is 6.33. The van der Waals surface area contributed by atoms with E-state index in [1.807, 2.05) is 0 Å². The van der Waals surface area contributed by atoms with Crippen LogP contribution in [0.5, 0.6) is 0 Å². The first-order valence-electron chi connectivity index (χ1n) is 7.94. The van der Waals surface area contributed by atoms with E-state index in [0.29, 0.717) is 24.3 Å². The number of carbonyl (C=O) groups excluding carboxylic acids is 1. The lowest BCUT2D eigenvalue weighted by Crippen LogP contribution is -2.43. The molecule has 2 heterocycles. The van der Waals surface area contributed by atoms with Crippen molar-refractivity contribution in [3.63, 3.8) is 0 Å². The normalized spacial score (nSPS) is 31.4. The van der Waals surface area contributed by atoms with Gasteiger partial charge in [0, 0.05) is 19.2 Å². The van der Waals surface area contributed by atoms with Crippen LogP contribution in [0.1, 0.15) is 44.9 Å². The van der Waals surface area contributed by atoms with Crippen LogP contribution in [0.15, 0.2) is 0 Å². The highest BCUT2D eigenvalue weighted by molar-refractivity contribution is 5.77. The van der Waals surface area contributed by atoms with Crippen LogP contribution in [0.2, 0.25) is 0 Å². The van der Waals surface area contributed by atoms with Crippen LogP contribution in [0.3, 0.4) is 0 Å². The first-order chi connectivity index (χ1) is 9.33. The lowest BCUT2D eigenvalue weighted by Gasteiger charge is -2.31. The molecule has 4 heteroatoms. The summed E-state index contributed by atoms with van der Waals surface area (Å²) in [7, 11) is 0. The van der Waals surface area contributed by atoms with Crippen molar-refractivity contribution in [2.75, 3.05) is 26.2 Å². The van der Waals surface area contributed by atoms with Gasteiger partial charge in [0.1, 0.15) is 0 Å². The molecule has 0 spiro atoms. The third-order valence-corrected chi connectivity index (χ3v) is 4.59. The highest BCUT2D eigenvalue weighted by Crippen LogP contribution is 2.30. The first-order valence-corrected chi connectivity index (χ1v) is 7.94. The van der Waals surface area contributed by atoms with E-state index < -0.39 is 0 Å². The number of piperidine rings is 1. The molecule has 2 unspecified atom stereocenters. The number of carbonyl (C=O) groups is 1. The minimum atomic E-state index is 0.193. The Bertz CT molecular complexity index is 305. The number of nitrogens with zero attached hydrogens (tertiary/aromatic N) is 1. The summed E-state index contributed by atoms with van der Waals surface area (Å²) in [6.07, 6.45) is 7.92. The summed E-state index contributed by atoms with van der Waals surface area (Å²) in [5.41, 5.74) is 0. The predicted molar refractivity (Wildman–Crippen MR) is 73.9 cm³/mol. The molecule has 2 atom stereocenters. The van der Waals surface area contributed by atoms with Crippen molar-refractivity contribution in [2.24, 2.45) is 5.92 Å². The molecule has 2 saturated heterocycles. The van der Waals surface area contributed by atoms with Crippen molar-refractivity contribution in [3.8, 4) is 0 Å². The van der Waals surface area contributed by atoms with Crippen LogP contribution in [-0.4, -0.2) is 49.2 Å². The smallest absolute Gasteiger partial charge is 0.225 e. The predicted octanol–water partition coefficient (Wildman–Crippen LogP) is 1.55. The molecule has 3 rings (SSSR count). The number of nitrogens with one attached hydrogen (secondary N) is 1. The summed E-state index contributed by atoms with van der Waals surface area (Å²) >= 11 is 0. The average molecular weight is 266 g/mol. The van der Waals surface area contributed by atoms with Crippen LogP contribution in [-0.2, 0) is 9.53 Å². The second-order valence-corrected chi connectivity index (χ2v) is 6.33. The highest BCUT2D eigenvalue weighted by Gasteiger charge is 2.35. The maximum Gasteiger partial charge on any atom is 0.225 e. The van der Waals surface area contributed by atoms with E-state index in [1.165, 1.54) is 25.7 Å². The van der Waals surface area contributed by atoms with Gasteiger partial charge in [-0.05, 0) is 57.5 Å². The van der Waals surface area contributed by atoms with Crippen molar-refractivity contribution >= 4 is 5.91 Å². The zero-order valence-corrected chi connectivity index (χ0v) is 11.8. The van der Waals surface area contributed by atoms with Gasteiger partial charge in [-0.2, -0.15) is 0 Å². The number of hydrogen-bond donors (Lipinski definition) is 1. The molecule has 19 heavy (non-hydrogen) atoms. The molecule has 3 aliphatic rings. The first kappa shape index (κ1) is 13.4. The van der Waals surface area contributed by atoms with Crippen LogP contribution >= 0.6 is 0 Å². The molecule has 4 nitrogen and oxygen atoms in total. The summed E-state index contributed by atoms with van der Waals surface area (Å²) in [4.78, 5) is 14.6. The molecule has 0 radical (unpaired) electrons. The fraction of sp³-hybridized carbons (Fsp3) is 0.933. The second kappa shape index (κ2) is 6.23. The third-order valence-electron chi connectivity index (χ3n) is 4.59. The lowest BCUT2D eigenvalue weighted by atomic mass is 9.98. The summed E-state index contributed by atoms with van der Waals surface area (Å²) < 4.78 is 5.60. The van der Waals surface area contributed by atoms with E-state index in [2.05, 4.69) is 10.2 Å². The number of ether oxygens (including phenoxy) is 1. The Hall–Kier alpha value is -0.610. The Morgan fingerprint density at radius 1 is 1.21 bits per heavy atom. The average Bonchev–Trinajstić information content (AvgIpc) is 3.15. The molecule has 108 valence electrons. The number of amides is 1. The summed E-state index contributed by atoms with van der Waals surface area (Å²) in [5.74, 6) is 0.989. The summed E-state index contributed by atoms with van der Waals surface area (Å²) in [6.45, 7) is 4.03. The van der Waals surface area contributed by atoms with Crippen LogP contribution in [0.25, 0.3) is 0 Å². The van der Waals surface area contributed by atoms with Crippen molar-refractivity contribution < 1.29 is 9.53 Å². The Balaban J connectivity index is 1.52. The summed E-state index contributed by atoms with van der Waals surface area (Å²) in [6, 6.07) is 0.538. The monoisotopic (exact) mass is 266 g/mol. The van der Waals surface area contributed by atoms with Gasteiger partial charge in [0.2, 0.25) is 5.91 Å². The molecule has 3 fully saturated rings. The molecule has 0 bridgehead atoms. The maximum atomic E-state index is 12.5. The quantitative estimate of drug-likeness (QED) is 0.821. The van der Waals surface area contributed by atoms with Crippen LogP contribution in [0, 0.1) is 5.92 Å². The van der Waals surface area contributed by atoms with Crippen LogP contribution < -0.4 is 5.32 Å². The van der Waals surface area contributed by atoms with Crippen LogP contribution in [0.4, 0.5) is 0 Å². The largest absolute Gasteiger partial charge is 0.378 e. The molecule has 1 saturated carbocycles. The minimum Gasteiger partial charge on any atom is -0.378 e. The van der Waals surface area contributed by atoms with E-state index in [4.69, 9.17) is 4.74 Å². The fourth-order valence-electron chi connectivity index (χ4n) is 3.32. The molecule has 0 aromatic rings. The van der Waals surface area contributed by atoms with Gasteiger partial charge in [-0.1, -0.05) is 0 Å². The minimum absolute atomic E-state index is 0.193. The molecule has 1 N–H and O–H groups in total. The zero-order chi connectivity index (χ0) is 13.1. The van der Waals surface area contributed by atoms with Gasteiger partial charge in [0.15, 0.2) is 0 Å². The molecular weight excluding hydrogens is 240 g/mol. The fourth-order valence-corrected chi connectivity index (χ4v) is 3.32. The van der Waals surface area contributed by atoms with Crippen molar-refractivity contribution in [2.45, 2.75) is 57.1 Å². The molecule has 0 aromatic carbocycles. The lowest BCUT2D eigenvalue weighted by molar-refractivity contribution is -0.134. The van der Waals surface area contributed by atoms with Gasteiger partial charge in [-0.3, -0.25) is 4.79 Å². The molecule has 1 aliphatic carbocycles. The van der Waals surface area contributed by atoms with E-state index >= 15 is 0 Å². The number of rotatable bonds is 5. The Morgan fingerprint density at radius 2 is 2.11 bits per heavy atom. The van der Waals surface area contributed by atoms with Gasteiger partial charge >= 0.3 is 0 Å². The summed E-state index contributed by atoms with van der Waals surface area (Å²) in [5, 5.41) is 3.45. The molecule has 0 aromatic heterocycles. The Kier molecular flexibility index (Phi) is 4.38. The van der Waals surface area contributed by atoms with Gasteiger partial charge in [-0.15, -0.1) is 0 Å². The van der Waals surface area contributed by atoms with Crippen molar-refractivity contribution in [3.05, 3.63) is 0 Å². The van der Waals surface area contributed by atoms with Crippen molar-refractivity contribution in [1.82, 2.24) is 10.2 Å². The number of hydrogen-bond acceptors (Lipinski definition) is 3. The standard InChI is InChI=1S/C15H26N2O2/c18-15(9-14-4-2-8-19-14)17(13-5-6-13)11-12-3-1-7-16-10-12/h12-14,16H,1-11H2. The third kappa shape index (κ3) is 3.69. The maximum absolute atomic E-state index is 12.5. The molecule has 1 amide bonds. The zero-order valence-electron chi connectivity index (χ0n) is 11.8. The van der Waals surface area contributed by atoms with Crippen molar-refractivity contribution in [1.29, 1.82) is 0 Å². The molecule has 2 aliphatic heterocycles.